The van der Waals surface area contributed by atoms with Crippen LogP contribution in [0.5, 0.6) is 0 Å². The maximum atomic E-state index is 13.0. The number of unbranched alkanes of at least 4 members (excludes halogenated alkanes) is 1. The molecule has 3 unspecified atom stereocenters. The Morgan fingerprint density at radius 1 is 1.19 bits per heavy atom. The van der Waals surface area contributed by atoms with Crippen molar-refractivity contribution in [2.75, 3.05) is 0 Å². The Morgan fingerprint density at radius 3 is 2.59 bits per heavy atom. The number of esters is 1. The smallest absolute Gasteiger partial charge is 0.306 e. The first-order valence-corrected chi connectivity index (χ1v) is 11.6. The van der Waals surface area contributed by atoms with Crippen molar-refractivity contribution in [3.63, 3.8) is 0 Å². The molecule has 1 saturated carbocycles. The molecular formula is C26H37FO5. The minimum atomic E-state index is -0.674. The highest BCUT2D eigenvalue weighted by Crippen LogP contribution is 2.36. The van der Waals surface area contributed by atoms with E-state index >= 15 is 0 Å². The number of carbonyl (C=O) groups excluding carboxylic acids is 1. The second kappa shape index (κ2) is 13.5. The van der Waals surface area contributed by atoms with E-state index < -0.39 is 18.3 Å². The Balaban J connectivity index is 1.77. The number of halogens is 1. The highest BCUT2D eigenvalue weighted by molar-refractivity contribution is 5.69. The second-order valence-electron chi connectivity index (χ2n) is 8.87. The molecule has 1 aromatic carbocycles. The molecule has 178 valence electrons. The van der Waals surface area contributed by atoms with Crippen LogP contribution in [0.15, 0.2) is 48.6 Å². The molecule has 32 heavy (non-hydrogen) atoms. The zero-order valence-electron chi connectivity index (χ0n) is 19.1. The van der Waals surface area contributed by atoms with E-state index in [0.29, 0.717) is 38.5 Å². The van der Waals surface area contributed by atoms with Gasteiger partial charge in [-0.25, -0.2) is 4.39 Å². The molecule has 3 N–H and O–H groups in total. The summed E-state index contributed by atoms with van der Waals surface area (Å²) in [6, 6.07) is 6.23. The lowest BCUT2D eigenvalue weighted by Gasteiger charge is -2.19. The first-order valence-electron chi connectivity index (χ1n) is 11.6. The van der Waals surface area contributed by atoms with Gasteiger partial charge in [0.2, 0.25) is 0 Å². The molecule has 1 aliphatic rings. The summed E-state index contributed by atoms with van der Waals surface area (Å²) in [4.78, 5) is 11.5. The summed E-state index contributed by atoms with van der Waals surface area (Å²) < 4.78 is 18.1. The summed E-state index contributed by atoms with van der Waals surface area (Å²) >= 11 is 0. The van der Waals surface area contributed by atoms with Crippen molar-refractivity contribution in [2.45, 2.75) is 83.2 Å². The molecule has 0 heterocycles. The van der Waals surface area contributed by atoms with E-state index in [-0.39, 0.29) is 29.7 Å². The number of hydrogen-bond acceptors (Lipinski definition) is 5. The molecule has 5 atom stereocenters. The second-order valence-corrected chi connectivity index (χ2v) is 8.87. The van der Waals surface area contributed by atoms with Crippen molar-refractivity contribution in [2.24, 2.45) is 11.8 Å². The number of benzene rings is 1. The third kappa shape index (κ3) is 9.23. The van der Waals surface area contributed by atoms with Crippen LogP contribution >= 0.6 is 0 Å². The number of aryl methyl sites for hydroxylation is 1. The predicted octanol–water partition coefficient (Wildman–Crippen LogP) is 4.10. The van der Waals surface area contributed by atoms with Crippen LogP contribution in [0.2, 0.25) is 0 Å². The molecule has 1 aliphatic carbocycles. The lowest BCUT2D eigenvalue weighted by Crippen LogP contribution is -2.20. The van der Waals surface area contributed by atoms with Gasteiger partial charge in [-0.05, 0) is 69.6 Å². The molecule has 0 saturated heterocycles. The number of hydrogen-bond donors (Lipinski definition) is 3. The molecule has 2 rings (SSSR count). The number of carbonyl (C=O) groups is 1. The fourth-order valence-electron chi connectivity index (χ4n) is 4.08. The van der Waals surface area contributed by atoms with Gasteiger partial charge in [0.15, 0.2) is 0 Å². The lowest BCUT2D eigenvalue weighted by molar-refractivity contribution is -0.147. The maximum Gasteiger partial charge on any atom is 0.306 e. The Kier molecular flexibility index (Phi) is 11.1. The zero-order chi connectivity index (χ0) is 23.5. The van der Waals surface area contributed by atoms with E-state index in [0.717, 1.165) is 12.0 Å². The van der Waals surface area contributed by atoms with Crippen LogP contribution in [-0.2, 0) is 16.0 Å². The first kappa shape index (κ1) is 26.2. The number of allylic oxidation sites excluding steroid dienone is 2. The Labute approximate surface area is 190 Å². The standard InChI is InChI=1S/C26H37FO5/c1-18(2)32-26(31)8-6-4-3-5-7-22-23(25(30)17-24(22)29)16-15-21(28)14-11-19-9-12-20(27)13-10-19/h3,5,9-10,12-13,15-16,18,21-25,28-30H,4,6-8,11,14,17H2,1-2H3/t21?,22-,23-,24?,25?/m1/s1. The Hall–Kier alpha value is -2.02. The number of ether oxygens (including phenoxy) is 1. The van der Waals surface area contributed by atoms with Gasteiger partial charge in [-0.1, -0.05) is 36.4 Å². The molecule has 0 aromatic heterocycles. The number of aliphatic hydroxyl groups is 3. The van der Waals surface area contributed by atoms with Crippen LogP contribution in [-0.4, -0.2) is 45.7 Å². The van der Waals surface area contributed by atoms with Gasteiger partial charge in [0.25, 0.3) is 0 Å². The van der Waals surface area contributed by atoms with E-state index in [1.807, 2.05) is 32.1 Å². The van der Waals surface area contributed by atoms with E-state index in [2.05, 4.69) is 0 Å². The maximum absolute atomic E-state index is 13.0. The third-order valence-electron chi connectivity index (χ3n) is 5.81. The van der Waals surface area contributed by atoms with E-state index in [1.54, 1.807) is 18.2 Å². The average Bonchev–Trinajstić information content (AvgIpc) is 3.00. The van der Waals surface area contributed by atoms with Crippen molar-refractivity contribution in [3.05, 3.63) is 60.0 Å². The first-order chi connectivity index (χ1) is 15.3. The topological polar surface area (TPSA) is 87.0 Å². The molecule has 0 spiro atoms. The SMILES string of the molecule is CC(C)OC(=O)CCCC=CC[C@H]1C(O)CC(O)[C@@H]1C=CC(O)CCc1ccc(F)cc1. The van der Waals surface area contributed by atoms with E-state index in [9.17, 15) is 24.5 Å². The van der Waals surface area contributed by atoms with Crippen molar-refractivity contribution in [3.8, 4) is 0 Å². The Morgan fingerprint density at radius 2 is 1.91 bits per heavy atom. The molecule has 0 radical (unpaired) electrons. The van der Waals surface area contributed by atoms with Crippen LogP contribution < -0.4 is 0 Å². The van der Waals surface area contributed by atoms with Gasteiger partial charge in [-0.15, -0.1) is 0 Å². The normalized spacial score (nSPS) is 24.6. The molecule has 0 amide bonds. The van der Waals surface area contributed by atoms with Crippen LogP contribution in [0.1, 0.15) is 57.9 Å². The minimum Gasteiger partial charge on any atom is -0.463 e. The predicted molar refractivity (Wildman–Crippen MR) is 122 cm³/mol. The summed E-state index contributed by atoms with van der Waals surface area (Å²) in [5.41, 5.74) is 0.954. The third-order valence-corrected chi connectivity index (χ3v) is 5.81. The molecule has 1 fully saturated rings. The molecule has 6 heteroatoms. The van der Waals surface area contributed by atoms with Crippen LogP contribution in [0.4, 0.5) is 4.39 Å². The number of aliphatic hydroxyl groups excluding tert-OH is 3. The lowest BCUT2D eigenvalue weighted by atomic mass is 9.89. The molecule has 1 aromatic rings. The van der Waals surface area contributed by atoms with Gasteiger partial charge in [-0.2, -0.15) is 0 Å². The summed E-state index contributed by atoms with van der Waals surface area (Å²) in [7, 11) is 0. The quantitative estimate of drug-likeness (QED) is 0.255. The molecular weight excluding hydrogens is 411 g/mol. The molecule has 0 bridgehead atoms. The van der Waals surface area contributed by atoms with Crippen LogP contribution in [0, 0.1) is 17.7 Å². The molecule has 5 nitrogen and oxygen atoms in total. The van der Waals surface area contributed by atoms with Gasteiger partial charge >= 0.3 is 5.97 Å². The highest BCUT2D eigenvalue weighted by Gasteiger charge is 2.39. The fraction of sp³-hybridized carbons (Fsp3) is 0.577. The highest BCUT2D eigenvalue weighted by atomic mass is 19.1. The van der Waals surface area contributed by atoms with Crippen molar-refractivity contribution < 1.29 is 29.2 Å². The van der Waals surface area contributed by atoms with Crippen molar-refractivity contribution in [1.82, 2.24) is 0 Å². The summed E-state index contributed by atoms with van der Waals surface area (Å²) in [6.07, 6.45) is 9.39. The summed E-state index contributed by atoms with van der Waals surface area (Å²) in [6.45, 7) is 3.66. The van der Waals surface area contributed by atoms with Gasteiger partial charge in [0, 0.05) is 18.8 Å². The van der Waals surface area contributed by atoms with Crippen molar-refractivity contribution >= 4 is 5.97 Å². The largest absolute Gasteiger partial charge is 0.463 e. The zero-order valence-corrected chi connectivity index (χ0v) is 19.1. The van der Waals surface area contributed by atoms with Crippen LogP contribution in [0.3, 0.4) is 0 Å². The minimum absolute atomic E-state index is 0.0975. The summed E-state index contributed by atoms with van der Waals surface area (Å²) in [5, 5.41) is 31.0. The van der Waals surface area contributed by atoms with Crippen molar-refractivity contribution in [1.29, 1.82) is 0 Å². The Bertz CT molecular complexity index is 743. The van der Waals surface area contributed by atoms with E-state index in [1.165, 1.54) is 12.1 Å². The van der Waals surface area contributed by atoms with Gasteiger partial charge in [-0.3, -0.25) is 4.79 Å². The van der Waals surface area contributed by atoms with Gasteiger partial charge in [0.1, 0.15) is 5.82 Å². The fourth-order valence-corrected chi connectivity index (χ4v) is 4.08. The number of rotatable bonds is 12. The molecule has 0 aliphatic heterocycles. The van der Waals surface area contributed by atoms with Gasteiger partial charge < -0.3 is 20.1 Å². The summed E-state index contributed by atoms with van der Waals surface area (Å²) in [5.74, 6) is -0.813. The average molecular weight is 449 g/mol. The van der Waals surface area contributed by atoms with E-state index in [4.69, 9.17) is 4.74 Å². The monoisotopic (exact) mass is 448 g/mol. The van der Waals surface area contributed by atoms with Gasteiger partial charge in [0.05, 0.1) is 24.4 Å². The van der Waals surface area contributed by atoms with Crippen LogP contribution in [0.25, 0.3) is 0 Å².